The normalized spacial score (nSPS) is 24.0. The molecule has 0 radical (unpaired) electrons. The molecule has 1 N–H and O–H groups in total. The van der Waals surface area contributed by atoms with Crippen LogP contribution >= 0.6 is 11.3 Å². The summed E-state index contributed by atoms with van der Waals surface area (Å²) in [7, 11) is 0. The average Bonchev–Trinajstić information content (AvgIpc) is 2.98. The number of anilines is 1. The van der Waals surface area contributed by atoms with Gasteiger partial charge in [0.15, 0.2) is 5.13 Å². The molecule has 1 aromatic rings. The predicted octanol–water partition coefficient (Wildman–Crippen LogP) is 1.50. The van der Waals surface area contributed by atoms with Crippen LogP contribution < -0.4 is 10.2 Å². The number of aromatic nitrogens is 1. The molecule has 0 amide bonds. The van der Waals surface area contributed by atoms with Gasteiger partial charge in [-0.1, -0.05) is 0 Å². The molecule has 0 aliphatic carbocycles. The van der Waals surface area contributed by atoms with Gasteiger partial charge in [0, 0.05) is 43.9 Å². The Hall–Kier alpha value is -0.690. The quantitative estimate of drug-likeness (QED) is 0.892. The lowest BCUT2D eigenvalue weighted by Crippen LogP contribution is -2.36. The van der Waals surface area contributed by atoms with Crippen molar-refractivity contribution in [2.75, 3.05) is 51.0 Å². The molecule has 3 heterocycles. The van der Waals surface area contributed by atoms with E-state index in [4.69, 9.17) is 9.47 Å². The molecule has 1 unspecified atom stereocenters. The van der Waals surface area contributed by atoms with E-state index in [1.54, 1.807) is 11.3 Å². The Balaban J connectivity index is 1.42. The van der Waals surface area contributed by atoms with Crippen LogP contribution in [0.3, 0.4) is 0 Å². The Bertz CT molecular complexity index is 401. The van der Waals surface area contributed by atoms with Gasteiger partial charge < -0.3 is 19.7 Å². The van der Waals surface area contributed by atoms with Crippen molar-refractivity contribution in [1.82, 2.24) is 10.3 Å². The molecule has 3 rings (SSSR count). The van der Waals surface area contributed by atoms with E-state index in [1.165, 1.54) is 17.7 Å². The third-order valence-electron chi connectivity index (χ3n) is 3.81. The minimum atomic E-state index is 0.676. The van der Waals surface area contributed by atoms with Crippen molar-refractivity contribution in [1.29, 1.82) is 0 Å². The van der Waals surface area contributed by atoms with E-state index in [0.29, 0.717) is 5.92 Å². The maximum absolute atomic E-state index is 5.50. The lowest BCUT2D eigenvalue weighted by Gasteiger charge is -2.26. The summed E-state index contributed by atoms with van der Waals surface area (Å²) in [4.78, 5) is 8.15. The van der Waals surface area contributed by atoms with Gasteiger partial charge in [0.1, 0.15) is 0 Å². The zero-order valence-electron chi connectivity index (χ0n) is 11.8. The second-order valence-electron chi connectivity index (χ2n) is 5.42. The van der Waals surface area contributed by atoms with Gasteiger partial charge in [0.2, 0.25) is 0 Å². The van der Waals surface area contributed by atoms with Gasteiger partial charge in [-0.25, -0.2) is 4.98 Å². The standard InChI is InChI=1S/C14H23N3O2S/c1-2-12(11-19-5-1)8-15-9-13-10-16-14(20-13)17-3-6-18-7-4-17/h10,12,15H,1-9,11H2. The second-order valence-corrected chi connectivity index (χ2v) is 6.52. The Morgan fingerprint density at radius 2 is 2.20 bits per heavy atom. The van der Waals surface area contributed by atoms with Crippen molar-refractivity contribution in [2.24, 2.45) is 5.92 Å². The van der Waals surface area contributed by atoms with Crippen molar-refractivity contribution >= 4 is 16.5 Å². The molecule has 2 fully saturated rings. The van der Waals surface area contributed by atoms with Crippen LogP contribution in [0.2, 0.25) is 0 Å². The van der Waals surface area contributed by atoms with Crippen LogP contribution in [0, 0.1) is 5.92 Å². The average molecular weight is 297 g/mol. The number of rotatable bonds is 5. The monoisotopic (exact) mass is 297 g/mol. The largest absolute Gasteiger partial charge is 0.381 e. The van der Waals surface area contributed by atoms with Gasteiger partial charge in [0.25, 0.3) is 0 Å². The SMILES string of the molecule is c1nc(N2CCOCC2)sc1CNCC1CCCOC1. The van der Waals surface area contributed by atoms with E-state index in [9.17, 15) is 0 Å². The first-order valence-corrected chi connectivity index (χ1v) is 8.29. The van der Waals surface area contributed by atoms with Gasteiger partial charge in [-0.05, 0) is 18.8 Å². The summed E-state index contributed by atoms with van der Waals surface area (Å²) in [5.41, 5.74) is 0. The van der Waals surface area contributed by atoms with Crippen molar-refractivity contribution < 1.29 is 9.47 Å². The molecule has 2 aliphatic heterocycles. The summed E-state index contributed by atoms with van der Waals surface area (Å²) in [6.45, 7) is 7.36. The summed E-state index contributed by atoms with van der Waals surface area (Å²) in [5, 5.41) is 4.67. The zero-order valence-corrected chi connectivity index (χ0v) is 12.7. The number of morpholine rings is 1. The highest BCUT2D eigenvalue weighted by Crippen LogP contribution is 2.23. The van der Waals surface area contributed by atoms with Crippen LogP contribution in [0.4, 0.5) is 5.13 Å². The number of thiazole rings is 1. The van der Waals surface area contributed by atoms with Gasteiger partial charge in [-0.15, -0.1) is 11.3 Å². The highest BCUT2D eigenvalue weighted by atomic mass is 32.1. The fourth-order valence-corrected chi connectivity index (χ4v) is 3.58. The van der Waals surface area contributed by atoms with Gasteiger partial charge in [0.05, 0.1) is 19.8 Å². The maximum atomic E-state index is 5.50. The molecule has 2 saturated heterocycles. The summed E-state index contributed by atoms with van der Waals surface area (Å²) >= 11 is 1.79. The van der Waals surface area contributed by atoms with Gasteiger partial charge >= 0.3 is 0 Å². The molecule has 0 spiro atoms. The van der Waals surface area contributed by atoms with Crippen molar-refractivity contribution in [3.8, 4) is 0 Å². The molecule has 20 heavy (non-hydrogen) atoms. The van der Waals surface area contributed by atoms with Crippen molar-refractivity contribution in [3.05, 3.63) is 11.1 Å². The molecule has 6 heteroatoms. The molecule has 112 valence electrons. The minimum absolute atomic E-state index is 0.676. The van der Waals surface area contributed by atoms with Gasteiger partial charge in [-0.3, -0.25) is 0 Å². The van der Waals surface area contributed by atoms with Crippen LogP contribution in [0.5, 0.6) is 0 Å². The molecular weight excluding hydrogens is 274 g/mol. The van der Waals surface area contributed by atoms with Crippen LogP contribution in [-0.4, -0.2) is 51.0 Å². The van der Waals surface area contributed by atoms with E-state index < -0.39 is 0 Å². The van der Waals surface area contributed by atoms with Crippen molar-refractivity contribution in [2.45, 2.75) is 19.4 Å². The van der Waals surface area contributed by atoms with Crippen LogP contribution in [-0.2, 0) is 16.0 Å². The highest BCUT2D eigenvalue weighted by Gasteiger charge is 2.15. The lowest BCUT2D eigenvalue weighted by molar-refractivity contribution is 0.0548. The summed E-state index contributed by atoms with van der Waals surface area (Å²) < 4.78 is 10.9. The van der Waals surface area contributed by atoms with E-state index >= 15 is 0 Å². The lowest BCUT2D eigenvalue weighted by atomic mass is 10.0. The Kier molecular flexibility index (Phi) is 5.24. The summed E-state index contributed by atoms with van der Waals surface area (Å²) in [6, 6.07) is 0. The van der Waals surface area contributed by atoms with E-state index in [2.05, 4.69) is 15.2 Å². The Morgan fingerprint density at radius 3 is 3.00 bits per heavy atom. The Labute approximate surface area is 124 Å². The molecule has 5 nitrogen and oxygen atoms in total. The fourth-order valence-electron chi connectivity index (χ4n) is 2.65. The molecular formula is C14H23N3O2S. The highest BCUT2D eigenvalue weighted by molar-refractivity contribution is 7.15. The molecule has 2 aliphatic rings. The van der Waals surface area contributed by atoms with E-state index in [0.717, 1.165) is 57.7 Å². The van der Waals surface area contributed by atoms with Crippen LogP contribution in [0.1, 0.15) is 17.7 Å². The minimum Gasteiger partial charge on any atom is -0.381 e. The first-order chi connectivity index (χ1) is 9.92. The van der Waals surface area contributed by atoms with E-state index in [1.807, 2.05) is 6.20 Å². The number of hydrogen-bond donors (Lipinski definition) is 1. The Morgan fingerprint density at radius 1 is 1.30 bits per heavy atom. The first-order valence-electron chi connectivity index (χ1n) is 7.47. The first kappa shape index (κ1) is 14.3. The second kappa shape index (κ2) is 7.36. The number of nitrogens with one attached hydrogen (secondary N) is 1. The van der Waals surface area contributed by atoms with Crippen molar-refractivity contribution in [3.63, 3.8) is 0 Å². The third-order valence-corrected chi connectivity index (χ3v) is 4.87. The van der Waals surface area contributed by atoms with E-state index in [-0.39, 0.29) is 0 Å². The predicted molar refractivity (Wildman–Crippen MR) is 80.4 cm³/mol. The molecule has 0 aromatic carbocycles. The number of hydrogen-bond acceptors (Lipinski definition) is 6. The van der Waals surface area contributed by atoms with Crippen LogP contribution in [0.15, 0.2) is 6.20 Å². The van der Waals surface area contributed by atoms with Gasteiger partial charge in [-0.2, -0.15) is 0 Å². The molecule has 0 bridgehead atoms. The zero-order chi connectivity index (χ0) is 13.6. The third kappa shape index (κ3) is 3.91. The number of nitrogens with zero attached hydrogens (tertiary/aromatic N) is 2. The molecule has 0 saturated carbocycles. The molecule has 1 aromatic heterocycles. The fraction of sp³-hybridized carbons (Fsp3) is 0.786. The smallest absolute Gasteiger partial charge is 0.185 e. The summed E-state index contributed by atoms with van der Waals surface area (Å²) in [5.74, 6) is 0.676. The topological polar surface area (TPSA) is 46.6 Å². The maximum Gasteiger partial charge on any atom is 0.185 e. The van der Waals surface area contributed by atoms with Crippen LogP contribution in [0.25, 0.3) is 0 Å². The number of ether oxygens (including phenoxy) is 2. The molecule has 1 atom stereocenters. The summed E-state index contributed by atoms with van der Waals surface area (Å²) in [6.07, 6.45) is 4.49.